The number of nitrogens with one attached hydrogen (secondary N) is 2. The first-order valence-corrected chi connectivity index (χ1v) is 9.89. The molecule has 2 fully saturated rings. The first-order chi connectivity index (χ1) is 13.5. The maximum absolute atomic E-state index is 14.0. The second-order valence-electron chi connectivity index (χ2n) is 7.75. The van der Waals surface area contributed by atoms with E-state index in [0.29, 0.717) is 31.9 Å². The first kappa shape index (κ1) is 18.9. The van der Waals surface area contributed by atoms with Crippen LogP contribution >= 0.6 is 0 Å². The lowest BCUT2D eigenvalue weighted by molar-refractivity contribution is -0.133. The van der Waals surface area contributed by atoms with Gasteiger partial charge >= 0.3 is 0 Å². The third kappa shape index (κ3) is 3.75. The topological polar surface area (TPSA) is 47.6 Å². The SMILES string of the molecule is Cc1ccc(C2CC(C(=O)N3CCN(c4ccccc4F)CC3)NN2)c(C)c1. The molecule has 2 aromatic carbocycles. The van der Waals surface area contributed by atoms with Gasteiger partial charge in [0, 0.05) is 32.2 Å². The molecule has 0 radical (unpaired) electrons. The molecule has 4 rings (SSSR count). The van der Waals surface area contributed by atoms with Crippen molar-refractivity contribution in [3.63, 3.8) is 0 Å². The quantitative estimate of drug-likeness (QED) is 0.857. The fourth-order valence-corrected chi connectivity index (χ4v) is 4.23. The predicted molar refractivity (Wildman–Crippen MR) is 109 cm³/mol. The Morgan fingerprint density at radius 2 is 1.79 bits per heavy atom. The van der Waals surface area contributed by atoms with E-state index in [1.54, 1.807) is 12.1 Å². The Labute approximate surface area is 165 Å². The van der Waals surface area contributed by atoms with Gasteiger partial charge in [-0.25, -0.2) is 15.2 Å². The molecule has 2 saturated heterocycles. The molecule has 0 aromatic heterocycles. The summed E-state index contributed by atoms with van der Waals surface area (Å²) in [6, 6.07) is 13.2. The lowest BCUT2D eigenvalue weighted by Crippen LogP contribution is -2.53. The Morgan fingerprint density at radius 3 is 2.50 bits per heavy atom. The van der Waals surface area contributed by atoms with Crippen molar-refractivity contribution in [1.29, 1.82) is 0 Å². The van der Waals surface area contributed by atoms with Crippen molar-refractivity contribution >= 4 is 11.6 Å². The Hall–Kier alpha value is -2.44. The molecule has 2 aliphatic heterocycles. The smallest absolute Gasteiger partial charge is 0.241 e. The minimum absolute atomic E-state index is 0.118. The Morgan fingerprint density at radius 1 is 1.04 bits per heavy atom. The molecule has 2 aromatic rings. The first-order valence-electron chi connectivity index (χ1n) is 9.89. The summed E-state index contributed by atoms with van der Waals surface area (Å²) in [6.07, 6.45) is 0.732. The van der Waals surface area contributed by atoms with Gasteiger partial charge in [-0.3, -0.25) is 4.79 Å². The number of amides is 1. The van der Waals surface area contributed by atoms with Crippen LogP contribution in [0.2, 0.25) is 0 Å². The molecule has 2 N–H and O–H groups in total. The summed E-state index contributed by atoms with van der Waals surface area (Å²) in [5.41, 5.74) is 10.8. The number of para-hydroxylation sites is 1. The number of carbonyl (C=O) groups excluding carboxylic acids is 1. The monoisotopic (exact) mass is 382 g/mol. The summed E-state index contributed by atoms with van der Waals surface area (Å²) in [4.78, 5) is 16.9. The van der Waals surface area contributed by atoms with E-state index in [0.717, 1.165) is 6.42 Å². The number of piperazine rings is 1. The molecule has 0 spiro atoms. The zero-order valence-electron chi connectivity index (χ0n) is 16.4. The molecule has 6 heteroatoms. The third-order valence-electron chi connectivity index (χ3n) is 5.79. The summed E-state index contributed by atoms with van der Waals surface area (Å²) in [7, 11) is 0. The summed E-state index contributed by atoms with van der Waals surface area (Å²) in [6.45, 7) is 6.71. The second-order valence-corrected chi connectivity index (χ2v) is 7.75. The number of hydrogen-bond acceptors (Lipinski definition) is 4. The molecule has 148 valence electrons. The zero-order valence-corrected chi connectivity index (χ0v) is 16.4. The Kier molecular flexibility index (Phi) is 5.33. The van der Waals surface area contributed by atoms with Crippen LogP contribution in [0.1, 0.15) is 29.2 Å². The number of hydrogen-bond donors (Lipinski definition) is 2. The van der Waals surface area contributed by atoms with Gasteiger partial charge in [0.2, 0.25) is 5.91 Å². The highest BCUT2D eigenvalue weighted by atomic mass is 19.1. The highest BCUT2D eigenvalue weighted by Gasteiger charge is 2.34. The van der Waals surface area contributed by atoms with Crippen molar-refractivity contribution < 1.29 is 9.18 Å². The van der Waals surface area contributed by atoms with Crippen molar-refractivity contribution in [3.05, 3.63) is 65.0 Å². The van der Waals surface area contributed by atoms with Gasteiger partial charge in [0.05, 0.1) is 5.69 Å². The normalized spacial score (nSPS) is 22.5. The van der Waals surface area contributed by atoms with Crippen LogP contribution in [-0.4, -0.2) is 43.0 Å². The van der Waals surface area contributed by atoms with E-state index in [9.17, 15) is 9.18 Å². The molecular weight excluding hydrogens is 355 g/mol. The van der Waals surface area contributed by atoms with Crippen LogP contribution in [0.5, 0.6) is 0 Å². The van der Waals surface area contributed by atoms with Gasteiger partial charge in [-0.1, -0.05) is 35.9 Å². The van der Waals surface area contributed by atoms with Crippen LogP contribution in [0.4, 0.5) is 10.1 Å². The molecule has 2 atom stereocenters. The minimum Gasteiger partial charge on any atom is -0.366 e. The molecule has 1 amide bonds. The molecule has 2 heterocycles. The van der Waals surface area contributed by atoms with Gasteiger partial charge in [0.25, 0.3) is 0 Å². The van der Waals surface area contributed by atoms with E-state index in [4.69, 9.17) is 0 Å². The maximum Gasteiger partial charge on any atom is 0.241 e. The molecule has 0 bridgehead atoms. The van der Waals surface area contributed by atoms with Crippen molar-refractivity contribution in [2.75, 3.05) is 31.1 Å². The highest BCUT2D eigenvalue weighted by molar-refractivity contribution is 5.82. The van der Waals surface area contributed by atoms with Crippen molar-refractivity contribution in [3.8, 4) is 0 Å². The average Bonchev–Trinajstić information content (AvgIpc) is 3.18. The summed E-state index contributed by atoms with van der Waals surface area (Å²) in [5.74, 6) is -0.0896. The molecule has 0 saturated carbocycles. The predicted octanol–water partition coefficient (Wildman–Crippen LogP) is 2.70. The van der Waals surface area contributed by atoms with Crippen molar-refractivity contribution in [2.45, 2.75) is 32.4 Å². The van der Waals surface area contributed by atoms with E-state index in [1.807, 2.05) is 15.9 Å². The van der Waals surface area contributed by atoms with Gasteiger partial charge in [0.15, 0.2) is 0 Å². The van der Waals surface area contributed by atoms with E-state index < -0.39 is 0 Å². The van der Waals surface area contributed by atoms with Gasteiger partial charge in [-0.2, -0.15) is 0 Å². The highest BCUT2D eigenvalue weighted by Crippen LogP contribution is 2.27. The zero-order chi connectivity index (χ0) is 19.7. The fraction of sp³-hybridized carbons (Fsp3) is 0.409. The number of carbonyl (C=O) groups is 1. The lowest BCUT2D eigenvalue weighted by Gasteiger charge is -2.37. The lowest BCUT2D eigenvalue weighted by atomic mass is 9.96. The van der Waals surface area contributed by atoms with E-state index in [2.05, 4.69) is 42.9 Å². The number of benzene rings is 2. The molecular formula is C22H27FN4O. The van der Waals surface area contributed by atoms with Crippen LogP contribution in [0, 0.1) is 19.7 Å². The second kappa shape index (κ2) is 7.89. The minimum atomic E-state index is -0.231. The maximum atomic E-state index is 14.0. The van der Waals surface area contributed by atoms with Gasteiger partial charge in [-0.15, -0.1) is 0 Å². The number of anilines is 1. The Balaban J connectivity index is 1.35. The van der Waals surface area contributed by atoms with E-state index in [-0.39, 0.29) is 23.8 Å². The van der Waals surface area contributed by atoms with Crippen molar-refractivity contribution in [2.24, 2.45) is 0 Å². The van der Waals surface area contributed by atoms with Crippen LogP contribution in [0.25, 0.3) is 0 Å². The molecule has 2 unspecified atom stereocenters. The number of nitrogens with zero attached hydrogens (tertiary/aromatic N) is 2. The van der Waals surface area contributed by atoms with E-state index >= 15 is 0 Å². The number of aryl methyl sites for hydroxylation is 2. The summed E-state index contributed by atoms with van der Waals surface area (Å²) >= 11 is 0. The van der Waals surface area contributed by atoms with Crippen LogP contribution in [0.15, 0.2) is 42.5 Å². The number of halogens is 1. The Bertz CT molecular complexity index is 863. The molecule has 2 aliphatic rings. The van der Waals surface area contributed by atoms with E-state index in [1.165, 1.54) is 22.8 Å². The largest absolute Gasteiger partial charge is 0.366 e. The van der Waals surface area contributed by atoms with Gasteiger partial charge in [-0.05, 0) is 43.5 Å². The standard InChI is InChI=1S/C22H27FN4O/c1-15-7-8-17(16(2)13-15)19-14-20(25-24-19)22(28)27-11-9-26(10-12-27)21-6-4-3-5-18(21)23/h3-8,13,19-20,24-25H,9-12,14H2,1-2H3. The van der Waals surface area contributed by atoms with Crippen molar-refractivity contribution in [1.82, 2.24) is 15.8 Å². The van der Waals surface area contributed by atoms with Crippen LogP contribution in [0.3, 0.4) is 0 Å². The number of hydrazine groups is 1. The molecule has 5 nitrogen and oxygen atoms in total. The van der Waals surface area contributed by atoms with Gasteiger partial charge < -0.3 is 9.80 Å². The summed E-state index contributed by atoms with van der Waals surface area (Å²) in [5, 5.41) is 0. The molecule has 28 heavy (non-hydrogen) atoms. The third-order valence-corrected chi connectivity index (χ3v) is 5.79. The fourth-order valence-electron chi connectivity index (χ4n) is 4.23. The van der Waals surface area contributed by atoms with Crippen LogP contribution in [-0.2, 0) is 4.79 Å². The van der Waals surface area contributed by atoms with Crippen LogP contribution < -0.4 is 15.8 Å². The summed E-state index contributed by atoms with van der Waals surface area (Å²) < 4.78 is 14.0. The average molecular weight is 382 g/mol. The van der Waals surface area contributed by atoms with Gasteiger partial charge in [0.1, 0.15) is 11.9 Å². The number of rotatable bonds is 3. The molecule has 0 aliphatic carbocycles.